The van der Waals surface area contributed by atoms with E-state index in [1.165, 1.54) is 119 Å². The van der Waals surface area contributed by atoms with Gasteiger partial charge in [-0.15, -0.1) is 0 Å². The summed E-state index contributed by atoms with van der Waals surface area (Å²) in [5.74, 6) is 1.73. The van der Waals surface area contributed by atoms with Gasteiger partial charge in [0.25, 0.3) is 0 Å². The van der Waals surface area contributed by atoms with Crippen molar-refractivity contribution in [1.82, 2.24) is 4.57 Å². The Morgan fingerprint density at radius 3 is 2.17 bits per heavy atom. The summed E-state index contributed by atoms with van der Waals surface area (Å²) in [5, 5.41) is 5.19. The van der Waals surface area contributed by atoms with Crippen LogP contribution in [0, 0.1) is 6.92 Å². The number of hydrogen-bond donors (Lipinski definition) is 0. The molecule has 60 heavy (non-hydrogen) atoms. The number of aromatic nitrogens is 1. The zero-order chi connectivity index (χ0) is 40.0. The summed E-state index contributed by atoms with van der Waals surface area (Å²) in [6, 6.07) is 54.9. The average Bonchev–Trinajstić information content (AvgIpc) is 3.61. The van der Waals surface area contributed by atoms with Gasteiger partial charge >= 0.3 is 6.85 Å². The lowest BCUT2D eigenvalue weighted by Gasteiger charge is -2.45. The van der Waals surface area contributed by atoms with Gasteiger partial charge in [-0.25, -0.2) is 0 Å². The summed E-state index contributed by atoms with van der Waals surface area (Å²) in [6.07, 6.45) is 4.70. The van der Waals surface area contributed by atoms with E-state index in [1.54, 1.807) is 0 Å². The summed E-state index contributed by atoms with van der Waals surface area (Å²) in [4.78, 5) is 5.17. The number of aryl methyl sites for hydroxylation is 2. The molecule has 0 bridgehead atoms. The number of fused-ring (bicyclic) bond motifs is 8. The Bertz CT molecular complexity index is 3280. The lowest BCUT2D eigenvalue weighted by molar-refractivity contribution is 0.477. The van der Waals surface area contributed by atoms with Crippen LogP contribution in [0.15, 0.2) is 146 Å². The van der Waals surface area contributed by atoms with Crippen LogP contribution in [0.2, 0.25) is 0 Å². The lowest BCUT2D eigenvalue weighted by atomic mass is 9.43. The minimum Gasteiger partial charge on any atom is -0.453 e. The highest BCUT2D eigenvalue weighted by Crippen LogP contribution is 2.58. The molecule has 9 aromatic rings. The number of anilines is 5. The molecular weight excluding hydrogens is 729 g/mol. The summed E-state index contributed by atoms with van der Waals surface area (Å²) in [5.41, 5.74) is 20.3. The van der Waals surface area contributed by atoms with Gasteiger partial charge in [0.05, 0.1) is 28.1 Å². The molecule has 5 heterocycles. The molecule has 4 aliphatic heterocycles. The van der Waals surface area contributed by atoms with Crippen molar-refractivity contribution >= 4 is 78.8 Å². The van der Waals surface area contributed by atoms with E-state index in [-0.39, 0.29) is 12.3 Å². The van der Waals surface area contributed by atoms with Crippen molar-refractivity contribution in [3.63, 3.8) is 0 Å². The molecule has 0 radical (unpaired) electrons. The van der Waals surface area contributed by atoms with Crippen molar-refractivity contribution < 1.29 is 4.74 Å². The predicted molar refractivity (Wildman–Crippen MR) is 252 cm³/mol. The SMILES string of the molecule is CCCCCc1ccc2c(c1)-c1cc(N3c4ccccc4Oc4ccccc43)c3c4cc5ccccc5c5c4n4c3c1B(c1cccc(c1-4)C5(C)C)N2c1ccc(C)cc1. The van der Waals surface area contributed by atoms with Gasteiger partial charge in [0.2, 0.25) is 0 Å². The molecule has 0 fully saturated rings. The zero-order valence-corrected chi connectivity index (χ0v) is 34.5. The third-order valence-electron chi connectivity index (χ3n) is 14.1. The third-order valence-corrected chi connectivity index (χ3v) is 14.1. The first kappa shape index (κ1) is 34.2. The number of para-hydroxylation sites is 5. The Balaban J connectivity index is 1.26. The van der Waals surface area contributed by atoms with Gasteiger partial charge in [-0.3, -0.25) is 0 Å². The molecule has 4 aliphatic rings. The topological polar surface area (TPSA) is 20.6 Å². The van der Waals surface area contributed by atoms with E-state index >= 15 is 0 Å². The Hall–Kier alpha value is -6.72. The van der Waals surface area contributed by atoms with Crippen LogP contribution in [-0.4, -0.2) is 11.4 Å². The van der Waals surface area contributed by atoms with Gasteiger partial charge in [0, 0.05) is 38.8 Å². The molecule has 1 aromatic heterocycles. The number of nitrogens with zero attached hydrogens (tertiary/aromatic N) is 3. The van der Waals surface area contributed by atoms with Crippen molar-refractivity contribution in [2.45, 2.75) is 58.8 Å². The van der Waals surface area contributed by atoms with E-state index < -0.39 is 0 Å². The maximum absolute atomic E-state index is 6.67. The van der Waals surface area contributed by atoms with E-state index in [9.17, 15) is 0 Å². The van der Waals surface area contributed by atoms with Crippen molar-refractivity contribution in [2.24, 2.45) is 0 Å². The van der Waals surface area contributed by atoms with Crippen LogP contribution in [0.3, 0.4) is 0 Å². The zero-order valence-electron chi connectivity index (χ0n) is 34.5. The molecule has 0 saturated heterocycles. The fourth-order valence-corrected chi connectivity index (χ4v) is 11.5. The first-order chi connectivity index (χ1) is 29.4. The lowest BCUT2D eigenvalue weighted by Crippen LogP contribution is -2.61. The fraction of sp³-hybridized carbons (Fsp3) is 0.164. The highest BCUT2D eigenvalue weighted by Gasteiger charge is 2.49. The molecule has 13 rings (SSSR count). The van der Waals surface area contributed by atoms with Crippen molar-refractivity contribution in [2.75, 3.05) is 9.71 Å². The molecule has 0 N–H and O–H groups in total. The molecule has 0 unspecified atom stereocenters. The second-order valence-electron chi connectivity index (χ2n) is 17.9. The van der Waals surface area contributed by atoms with Crippen LogP contribution in [0.25, 0.3) is 49.4 Å². The van der Waals surface area contributed by atoms with Gasteiger partial charge in [0.1, 0.15) is 0 Å². The van der Waals surface area contributed by atoms with Gasteiger partial charge in [0.15, 0.2) is 11.5 Å². The predicted octanol–water partition coefficient (Wildman–Crippen LogP) is 13.4. The van der Waals surface area contributed by atoms with Crippen LogP contribution in [-0.2, 0) is 11.8 Å². The summed E-state index contributed by atoms with van der Waals surface area (Å²) < 4.78 is 9.38. The summed E-state index contributed by atoms with van der Waals surface area (Å²) >= 11 is 0. The van der Waals surface area contributed by atoms with E-state index in [1.807, 2.05) is 0 Å². The molecule has 0 aliphatic carbocycles. The first-order valence-electron chi connectivity index (χ1n) is 21.8. The van der Waals surface area contributed by atoms with Gasteiger partial charge < -0.3 is 19.0 Å². The highest BCUT2D eigenvalue weighted by molar-refractivity contribution is 6.94. The second-order valence-corrected chi connectivity index (χ2v) is 17.9. The van der Waals surface area contributed by atoms with Crippen molar-refractivity contribution in [3.05, 3.63) is 168 Å². The normalized spacial score (nSPS) is 14.8. The van der Waals surface area contributed by atoms with Gasteiger partial charge in [-0.1, -0.05) is 124 Å². The standard InChI is InChI=1S/C55H44BN3O/c1-5-6-7-15-34-26-29-43-38(30-34)39-32-46(57-44-20-10-12-22-47(44)60-48-23-13-11-21-45(48)57)49-40-31-35-16-8-9-17-37(35)50-52(40)58-53-41(55(50,3)4)18-14-19-42(53)56(51(39)54(49)58)59(43)36-27-24-33(2)25-28-36/h8-14,16-32H,5-7,15H2,1-4H3. The first-order valence-corrected chi connectivity index (χ1v) is 21.8. The number of benzene rings is 8. The molecule has 5 heteroatoms. The van der Waals surface area contributed by atoms with Crippen molar-refractivity contribution in [1.29, 1.82) is 0 Å². The Labute approximate surface area is 351 Å². The highest BCUT2D eigenvalue weighted by atomic mass is 16.5. The molecule has 288 valence electrons. The van der Waals surface area contributed by atoms with E-state index in [0.29, 0.717) is 0 Å². The maximum atomic E-state index is 6.67. The number of rotatable bonds is 6. The minimum atomic E-state index is -0.262. The molecule has 0 saturated carbocycles. The second kappa shape index (κ2) is 12.2. The largest absolute Gasteiger partial charge is 0.453 e. The average molecular weight is 774 g/mol. The fourth-order valence-electron chi connectivity index (χ4n) is 11.5. The molecule has 0 spiro atoms. The molecular formula is C55H44BN3O. The number of ether oxygens (including phenoxy) is 1. The maximum Gasteiger partial charge on any atom is 0.333 e. The van der Waals surface area contributed by atoms with E-state index in [2.05, 4.69) is 188 Å². The quantitative estimate of drug-likeness (QED) is 0.124. The third kappa shape index (κ3) is 4.37. The number of hydrogen-bond acceptors (Lipinski definition) is 3. The Kier molecular flexibility index (Phi) is 6.93. The van der Waals surface area contributed by atoms with Crippen LogP contribution in [0.5, 0.6) is 11.5 Å². The van der Waals surface area contributed by atoms with Gasteiger partial charge in [-0.05, 0) is 124 Å². The number of unbranched alkanes of at least 4 members (excludes halogenated alkanes) is 2. The molecule has 4 nitrogen and oxygen atoms in total. The van der Waals surface area contributed by atoms with E-state index in [0.717, 1.165) is 29.3 Å². The van der Waals surface area contributed by atoms with Gasteiger partial charge in [-0.2, -0.15) is 0 Å². The molecule has 0 amide bonds. The van der Waals surface area contributed by atoms with Crippen molar-refractivity contribution in [3.8, 4) is 28.3 Å². The Morgan fingerprint density at radius 2 is 1.38 bits per heavy atom. The van der Waals surface area contributed by atoms with E-state index in [4.69, 9.17) is 4.74 Å². The van der Waals surface area contributed by atoms with Crippen LogP contribution in [0.1, 0.15) is 62.3 Å². The van der Waals surface area contributed by atoms with Crippen LogP contribution >= 0.6 is 0 Å². The molecule has 0 atom stereocenters. The van der Waals surface area contributed by atoms with Crippen LogP contribution in [0.4, 0.5) is 28.4 Å². The minimum absolute atomic E-state index is 0.0412. The van der Waals surface area contributed by atoms with Crippen LogP contribution < -0.4 is 25.4 Å². The Morgan fingerprint density at radius 1 is 0.633 bits per heavy atom. The smallest absolute Gasteiger partial charge is 0.333 e. The molecule has 8 aromatic carbocycles. The monoisotopic (exact) mass is 773 g/mol. The summed E-state index contributed by atoms with van der Waals surface area (Å²) in [7, 11) is 0. The summed E-state index contributed by atoms with van der Waals surface area (Å²) in [6.45, 7) is 9.35.